The minimum atomic E-state index is -0.550. The monoisotopic (exact) mass is 523 g/mol. The van der Waals surface area contributed by atoms with E-state index in [4.69, 9.17) is 4.74 Å². The van der Waals surface area contributed by atoms with Crippen LogP contribution in [0.2, 0.25) is 0 Å². The second kappa shape index (κ2) is 10.0. The summed E-state index contributed by atoms with van der Waals surface area (Å²) in [6.07, 6.45) is 2.86. The summed E-state index contributed by atoms with van der Waals surface area (Å²) in [5.41, 5.74) is 2.34. The fraction of sp³-hybridized carbons (Fsp3) is 0.607. The maximum atomic E-state index is 13.2. The number of rotatable bonds is 3. The number of fused-ring (bicyclic) bond motifs is 1. The number of imide groups is 1. The van der Waals surface area contributed by atoms with Gasteiger partial charge in [0, 0.05) is 45.0 Å². The number of likely N-dealkylation sites (tertiary alicyclic amines) is 2. The topological polar surface area (TPSA) is 114 Å². The van der Waals surface area contributed by atoms with Crippen LogP contribution in [0.5, 0.6) is 0 Å². The number of nitrogens with zero attached hydrogens (tertiary/aromatic N) is 4. The quantitative estimate of drug-likeness (QED) is 0.619. The Kier molecular flexibility index (Phi) is 6.92. The zero-order chi connectivity index (χ0) is 27.2. The summed E-state index contributed by atoms with van der Waals surface area (Å²) in [7, 11) is 1.88. The van der Waals surface area contributed by atoms with Gasteiger partial charge in [-0.1, -0.05) is 12.1 Å². The standard InChI is InChI=1S/C28H37N5O5/c1-28(2,3)38-27(37)33-14-11-19(16-33)26(36)32-12-9-17(10-13-32)18-5-6-20-22(15-18)31(4)30-24(20)21-7-8-23(34)29-25(21)35/h5-6,15,17,19,21H,7-14,16H2,1-4H3,(H,29,34,35)/t19-,21?/m0/s1. The van der Waals surface area contributed by atoms with E-state index in [1.807, 2.05) is 43.5 Å². The Hall–Kier alpha value is -3.43. The molecule has 2 aromatic rings. The molecule has 2 atom stereocenters. The van der Waals surface area contributed by atoms with Gasteiger partial charge in [-0.25, -0.2) is 4.79 Å². The SMILES string of the molecule is Cn1nc(C2CCC(=O)NC2=O)c2ccc(C3CCN(C(=O)[C@H]4CCN(C(=O)OC(C)(C)C)C4)CC3)cc21. The predicted molar refractivity (Wildman–Crippen MR) is 140 cm³/mol. The fourth-order valence-electron chi connectivity index (χ4n) is 5.91. The van der Waals surface area contributed by atoms with Gasteiger partial charge in [-0.3, -0.25) is 24.4 Å². The van der Waals surface area contributed by atoms with Gasteiger partial charge in [0.25, 0.3) is 0 Å². The first-order chi connectivity index (χ1) is 18.0. The first-order valence-corrected chi connectivity index (χ1v) is 13.6. The second-order valence-corrected chi connectivity index (χ2v) is 11.8. The number of hydrogen-bond acceptors (Lipinski definition) is 6. The summed E-state index contributed by atoms with van der Waals surface area (Å²) in [6, 6.07) is 6.30. The van der Waals surface area contributed by atoms with Gasteiger partial charge in [-0.05, 0) is 64.0 Å². The molecule has 1 unspecified atom stereocenters. The van der Waals surface area contributed by atoms with E-state index < -0.39 is 11.5 Å². The van der Waals surface area contributed by atoms with Crippen molar-refractivity contribution in [3.63, 3.8) is 0 Å². The predicted octanol–water partition coefficient (Wildman–Crippen LogP) is 3.06. The number of ether oxygens (including phenoxy) is 1. The van der Waals surface area contributed by atoms with Crippen molar-refractivity contribution in [2.24, 2.45) is 13.0 Å². The lowest BCUT2D eigenvalue weighted by Gasteiger charge is -2.34. The minimum Gasteiger partial charge on any atom is -0.444 e. The van der Waals surface area contributed by atoms with Gasteiger partial charge >= 0.3 is 6.09 Å². The van der Waals surface area contributed by atoms with Crippen LogP contribution in [0, 0.1) is 5.92 Å². The highest BCUT2D eigenvalue weighted by atomic mass is 16.6. The van der Waals surface area contributed by atoms with Crippen LogP contribution >= 0.6 is 0 Å². The molecule has 3 saturated heterocycles. The zero-order valence-corrected chi connectivity index (χ0v) is 22.7. The van der Waals surface area contributed by atoms with Crippen LogP contribution in [-0.2, 0) is 26.2 Å². The van der Waals surface area contributed by atoms with Crippen molar-refractivity contribution in [2.75, 3.05) is 26.2 Å². The van der Waals surface area contributed by atoms with E-state index in [1.54, 1.807) is 4.90 Å². The van der Waals surface area contributed by atoms with Crippen LogP contribution in [-0.4, -0.2) is 75.2 Å². The highest BCUT2D eigenvalue weighted by Gasteiger charge is 2.37. The second-order valence-electron chi connectivity index (χ2n) is 11.8. The Labute approximate surface area is 222 Å². The number of nitrogens with one attached hydrogen (secondary N) is 1. The highest BCUT2D eigenvalue weighted by molar-refractivity contribution is 6.02. The number of aromatic nitrogens is 2. The van der Waals surface area contributed by atoms with Crippen molar-refractivity contribution < 1.29 is 23.9 Å². The van der Waals surface area contributed by atoms with Gasteiger partial charge in [0.05, 0.1) is 23.0 Å². The smallest absolute Gasteiger partial charge is 0.410 e. The maximum absolute atomic E-state index is 13.2. The van der Waals surface area contributed by atoms with Gasteiger partial charge in [0.2, 0.25) is 17.7 Å². The molecule has 0 saturated carbocycles. The molecule has 10 heteroatoms. The molecular weight excluding hydrogens is 486 g/mol. The highest BCUT2D eigenvalue weighted by Crippen LogP contribution is 2.35. The summed E-state index contributed by atoms with van der Waals surface area (Å²) in [5.74, 6) is -0.635. The van der Waals surface area contributed by atoms with Crippen molar-refractivity contribution in [1.29, 1.82) is 0 Å². The molecule has 0 aliphatic carbocycles. The Morgan fingerprint density at radius 3 is 2.42 bits per heavy atom. The number of hydrogen-bond donors (Lipinski definition) is 1. The molecule has 10 nitrogen and oxygen atoms in total. The van der Waals surface area contributed by atoms with Gasteiger partial charge in [-0.15, -0.1) is 0 Å². The number of piperidine rings is 2. The fourth-order valence-corrected chi connectivity index (χ4v) is 5.91. The normalized spacial score (nSPS) is 23.2. The largest absolute Gasteiger partial charge is 0.444 e. The molecule has 1 aromatic heterocycles. The van der Waals surface area contributed by atoms with Gasteiger partial charge in [0.15, 0.2) is 0 Å². The zero-order valence-electron chi connectivity index (χ0n) is 22.7. The van der Waals surface area contributed by atoms with Crippen molar-refractivity contribution in [3.05, 3.63) is 29.5 Å². The average Bonchev–Trinajstić information content (AvgIpc) is 3.48. The van der Waals surface area contributed by atoms with Crippen LogP contribution in [0.1, 0.15) is 76.0 Å². The van der Waals surface area contributed by atoms with Crippen molar-refractivity contribution in [2.45, 2.75) is 70.3 Å². The lowest BCUT2D eigenvalue weighted by molar-refractivity contribution is -0.136. The average molecular weight is 524 g/mol. The van der Waals surface area contributed by atoms with Crippen LogP contribution in [0.3, 0.4) is 0 Å². The Balaban J connectivity index is 1.20. The maximum Gasteiger partial charge on any atom is 0.410 e. The molecule has 0 spiro atoms. The van der Waals surface area contributed by atoms with Crippen molar-refractivity contribution in [3.8, 4) is 0 Å². The summed E-state index contributed by atoms with van der Waals surface area (Å²) in [5, 5.41) is 8.02. The molecule has 4 amide bonds. The Morgan fingerprint density at radius 2 is 1.74 bits per heavy atom. The molecule has 3 aliphatic rings. The third-order valence-electron chi connectivity index (χ3n) is 7.94. The van der Waals surface area contributed by atoms with Crippen LogP contribution < -0.4 is 5.32 Å². The summed E-state index contributed by atoms with van der Waals surface area (Å²) in [6.45, 7) is 7.88. The van der Waals surface area contributed by atoms with Crippen LogP contribution in [0.4, 0.5) is 4.79 Å². The molecule has 204 valence electrons. The summed E-state index contributed by atoms with van der Waals surface area (Å²) < 4.78 is 7.28. The first kappa shape index (κ1) is 26.2. The van der Waals surface area contributed by atoms with Gasteiger partial charge in [0.1, 0.15) is 5.60 Å². The number of aryl methyl sites for hydroxylation is 1. The molecule has 1 aromatic carbocycles. The van der Waals surface area contributed by atoms with E-state index in [0.29, 0.717) is 51.4 Å². The van der Waals surface area contributed by atoms with E-state index in [2.05, 4.69) is 22.5 Å². The van der Waals surface area contributed by atoms with E-state index in [9.17, 15) is 19.2 Å². The minimum absolute atomic E-state index is 0.130. The van der Waals surface area contributed by atoms with E-state index >= 15 is 0 Å². The molecular formula is C28H37N5O5. The Bertz CT molecular complexity index is 1270. The Morgan fingerprint density at radius 1 is 1.03 bits per heavy atom. The molecule has 5 rings (SSSR count). The first-order valence-electron chi connectivity index (χ1n) is 13.6. The van der Waals surface area contributed by atoms with Crippen LogP contribution in [0.25, 0.3) is 10.9 Å². The summed E-state index contributed by atoms with van der Waals surface area (Å²) in [4.78, 5) is 53.2. The lowest BCUT2D eigenvalue weighted by Crippen LogP contribution is -2.42. The molecule has 0 bridgehead atoms. The number of amides is 4. The molecule has 3 fully saturated rings. The number of benzene rings is 1. The van der Waals surface area contributed by atoms with E-state index in [1.165, 1.54) is 5.56 Å². The van der Waals surface area contributed by atoms with Crippen molar-refractivity contribution >= 4 is 34.7 Å². The summed E-state index contributed by atoms with van der Waals surface area (Å²) >= 11 is 0. The molecule has 0 radical (unpaired) electrons. The van der Waals surface area contributed by atoms with Gasteiger partial charge < -0.3 is 14.5 Å². The number of carbonyl (C=O) groups excluding carboxylic acids is 4. The molecule has 1 N–H and O–H groups in total. The van der Waals surface area contributed by atoms with Crippen LogP contribution in [0.15, 0.2) is 18.2 Å². The van der Waals surface area contributed by atoms with E-state index in [0.717, 1.165) is 29.4 Å². The molecule has 3 aliphatic heterocycles. The van der Waals surface area contributed by atoms with E-state index in [-0.39, 0.29) is 29.7 Å². The molecule has 4 heterocycles. The number of carbonyl (C=O) groups is 4. The van der Waals surface area contributed by atoms with Crippen molar-refractivity contribution in [1.82, 2.24) is 24.9 Å². The molecule has 38 heavy (non-hydrogen) atoms. The lowest BCUT2D eigenvalue weighted by atomic mass is 9.87. The third kappa shape index (κ3) is 5.26. The van der Waals surface area contributed by atoms with Gasteiger partial charge in [-0.2, -0.15) is 5.10 Å². The third-order valence-corrected chi connectivity index (χ3v) is 7.94.